The summed E-state index contributed by atoms with van der Waals surface area (Å²) in [5.41, 5.74) is 2.93. The van der Waals surface area contributed by atoms with Crippen LogP contribution < -0.4 is 10.3 Å². The molecule has 1 aromatic carbocycles. The summed E-state index contributed by atoms with van der Waals surface area (Å²) < 4.78 is 7.79. The highest BCUT2D eigenvalue weighted by Gasteiger charge is 2.17. The molecule has 0 saturated heterocycles. The van der Waals surface area contributed by atoms with Crippen molar-refractivity contribution >= 4 is 17.6 Å². The summed E-state index contributed by atoms with van der Waals surface area (Å²) in [6, 6.07) is 12.8. The first-order chi connectivity index (χ1) is 16.0. The number of para-hydroxylation sites is 1. The average molecular weight is 443 g/mol. The zero-order chi connectivity index (χ0) is 23.2. The molecule has 0 N–H and O–H groups in total. The van der Waals surface area contributed by atoms with Gasteiger partial charge in [-0.1, -0.05) is 42.1 Å². The van der Waals surface area contributed by atoms with Gasteiger partial charge in [0.2, 0.25) is 5.56 Å². The number of aryl methyl sites for hydroxylation is 1. The monoisotopic (exact) mass is 442 g/mol. The Morgan fingerprint density at radius 3 is 2.73 bits per heavy atom. The summed E-state index contributed by atoms with van der Waals surface area (Å²) in [6.07, 6.45) is 10.3. The highest BCUT2D eigenvalue weighted by Crippen LogP contribution is 2.28. The predicted molar refractivity (Wildman–Crippen MR) is 131 cm³/mol. The highest BCUT2D eigenvalue weighted by atomic mass is 16.6. The van der Waals surface area contributed by atoms with E-state index in [0.29, 0.717) is 30.3 Å². The third-order valence-electron chi connectivity index (χ3n) is 5.17. The van der Waals surface area contributed by atoms with Crippen molar-refractivity contribution in [1.82, 2.24) is 9.47 Å². The normalized spacial score (nSPS) is 20.5. The van der Waals surface area contributed by atoms with E-state index in [-0.39, 0.29) is 5.56 Å². The average Bonchev–Trinajstić information content (AvgIpc) is 2.89. The molecule has 0 amide bonds. The molecule has 0 bridgehead atoms. The van der Waals surface area contributed by atoms with Crippen molar-refractivity contribution in [2.45, 2.75) is 13.3 Å². The maximum Gasteiger partial charge on any atom is 0.250 e. The van der Waals surface area contributed by atoms with Crippen molar-refractivity contribution in [3.63, 3.8) is 0 Å². The van der Waals surface area contributed by atoms with Crippen molar-refractivity contribution in [3.05, 3.63) is 107 Å². The van der Waals surface area contributed by atoms with Gasteiger partial charge in [-0.2, -0.15) is 0 Å². The van der Waals surface area contributed by atoms with Crippen LogP contribution in [-0.4, -0.2) is 34.6 Å². The minimum absolute atomic E-state index is 0.0846. The molecule has 0 spiro atoms. The van der Waals surface area contributed by atoms with E-state index in [1.807, 2.05) is 60.4 Å². The van der Waals surface area contributed by atoms with Gasteiger partial charge in [-0.25, -0.2) is 4.99 Å². The SMILES string of the molecule is C=C1/N=C\N(CC2=CCC(C)=NO2)C/C=C\C(c2ccc(=O)n(C)c2)=C/1Oc1ccccc1. The Bertz CT molecular complexity index is 1250. The number of nitrogens with zero attached hydrogens (tertiary/aromatic N) is 4. The molecule has 0 radical (unpaired) electrons. The second kappa shape index (κ2) is 9.99. The first kappa shape index (κ1) is 22.1. The number of allylic oxidation sites excluding steroid dienone is 3. The Kier molecular flexibility index (Phi) is 6.69. The first-order valence-electron chi connectivity index (χ1n) is 10.7. The molecular weight excluding hydrogens is 416 g/mol. The van der Waals surface area contributed by atoms with Crippen LogP contribution in [-0.2, 0) is 11.9 Å². The van der Waals surface area contributed by atoms with Gasteiger partial charge in [-0.15, -0.1) is 0 Å². The number of pyridine rings is 1. The van der Waals surface area contributed by atoms with Crippen LogP contribution in [0.25, 0.3) is 5.57 Å². The molecule has 168 valence electrons. The molecule has 7 heteroatoms. The van der Waals surface area contributed by atoms with E-state index in [2.05, 4.69) is 16.7 Å². The van der Waals surface area contributed by atoms with E-state index in [1.54, 1.807) is 25.6 Å². The number of aromatic nitrogens is 1. The number of hydrogen-bond donors (Lipinski definition) is 0. The van der Waals surface area contributed by atoms with Crippen molar-refractivity contribution < 1.29 is 9.57 Å². The summed E-state index contributed by atoms with van der Waals surface area (Å²) in [4.78, 5) is 24.0. The zero-order valence-electron chi connectivity index (χ0n) is 18.8. The molecule has 2 aliphatic heterocycles. The molecule has 7 nitrogen and oxygen atoms in total. The van der Waals surface area contributed by atoms with E-state index < -0.39 is 0 Å². The molecule has 33 heavy (non-hydrogen) atoms. The lowest BCUT2D eigenvalue weighted by Gasteiger charge is -2.19. The lowest BCUT2D eigenvalue weighted by Crippen LogP contribution is -2.26. The number of ether oxygens (including phenoxy) is 1. The quantitative estimate of drug-likeness (QED) is 0.694. The second-order valence-corrected chi connectivity index (χ2v) is 7.84. The topological polar surface area (TPSA) is 68.4 Å². The van der Waals surface area contributed by atoms with E-state index in [1.165, 1.54) is 10.6 Å². The zero-order valence-corrected chi connectivity index (χ0v) is 18.8. The molecule has 2 aliphatic rings. The third-order valence-corrected chi connectivity index (χ3v) is 5.17. The number of rotatable bonds is 5. The van der Waals surface area contributed by atoms with Crippen molar-refractivity contribution in [2.24, 2.45) is 17.2 Å². The minimum Gasteiger partial charge on any atom is -0.454 e. The molecule has 2 aromatic rings. The van der Waals surface area contributed by atoms with Crippen molar-refractivity contribution in [1.29, 1.82) is 0 Å². The van der Waals surface area contributed by atoms with Gasteiger partial charge in [0.05, 0.1) is 18.6 Å². The molecule has 0 fully saturated rings. The maximum absolute atomic E-state index is 11.9. The molecule has 0 unspecified atom stereocenters. The fourth-order valence-electron chi connectivity index (χ4n) is 3.37. The van der Waals surface area contributed by atoms with Crippen LogP contribution in [0.3, 0.4) is 0 Å². The Hall–Kier alpha value is -4.13. The van der Waals surface area contributed by atoms with Crippen LogP contribution in [0.1, 0.15) is 18.9 Å². The van der Waals surface area contributed by atoms with Crippen molar-refractivity contribution in [3.8, 4) is 5.75 Å². The summed E-state index contributed by atoms with van der Waals surface area (Å²) in [5, 5.41) is 4.06. The fraction of sp³-hybridized carbons (Fsp3) is 0.192. The highest BCUT2D eigenvalue weighted by molar-refractivity contribution is 5.83. The molecule has 0 saturated carbocycles. The molecule has 0 atom stereocenters. The number of oxime groups is 1. The van der Waals surface area contributed by atoms with Gasteiger partial charge in [0.15, 0.2) is 11.5 Å². The Labute approximate surface area is 193 Å². The van der Waals surface area contributed by atoms with Crippen LogP contribution in [0.15, 0.2) is 106 Å². The van der Waals surface area contributed by atoms with Gasteiger partial charge in [0.25, 0.3) is 0 Å². The maximum atomic E-state index is 11.9. The van der Waals surface area contributed by atoms with Gasteiger partial charge >= 0.3 is 0 Å². The predicted octanol–water partition coefficient (Wildman–Crippen LogP) is 4.27. The van der Waals surface area contributed by atoms with Crippen molar-refractivity contribution in [2.75, 3.05) is 13.1 Å². The van der Waals surface area contributed by atoms with E-state index in [4.69, 9.17) is 9.57 Å². The van der Waals surface area contributed by atoms with Crippen LogP contribution >= 0.6 is 0 Å². The molecule has 1 aromatic heterocycles. The summed E-state index contributed by atoms with van der Waals surface area (Å²) in [6.45, 7) is 7.22. The lowest BCUT2D eigenvalue weighted by molar-refractivity contribution is 0.199. The Morgan fingerprint density at radius 1 is 1.18 bits per heavy atom. The Balaban J connectivity index is 1.69. The summed E-state index contributed by atoms with van der Waals surface area (Å²) in [5.74, 6) is 1.96. The van der Waals surface area contributed by atoms with Gasteiger partial charge in [-0.05, 0) is 31.2 Å². The molecule has 0 aliphatic carbocycles. The number of hydrogen-bond acceptors (Lipinski definition) is 6. The second-order valence-electron chi connectivity index (χ2n) is 7.84. The Morgan fingerprint density at radius 2 is 2.00 bits per heavy atom. The van der Waals surface area contributed by atoms with Crippen LogP contribution in [0.2, 0.25) is 0 Å². The van der Waals surface area contributed by atoms with E-state index in [9.17, 15) is 4.79 Å². The van der Waals surface area contributed by atoms with Gasteiger partial charge < -0.3 is 19.0 Å². The molecule has 3 heterocycles. The van der Waals surface area contributed by atoms with Gasteiger partial charge in [-0.3, -0.25) is 4.79 Å². The number of aliphatic imine (C=N–C) groups is 1. The standard InChI is InChI=1S/C26H26N4O3/c1-19-11-13-23(33-28-19)17-30-15-7-10-24(21-12-14-25(31)29(3)16-21)26(20(2)27-18-30)32-22-8-5-4-6-9-22/h4-10,12-14,16,18H,2,11,15,17H2,1,3H3/b10-7-,26-24-,27-18-. The smallest absolute Gasteiger partial charge is 0.250 e. The van der Waals surface area contributed by atoms with Gasteiger partial charge in [0.1, 0.15) is 11.4 Å². The van der Waals surface area contributed by atoms with Crippen LogP contribution in [0.5, 0.6) is 5.75 Å². The van der Waals surface area contributed by atoms with Gasteiger partial charge in [0, 0.05) is 43.4 Å². The third kappa shape index (κ3) is 5.57. The fourth-order valence-corrected chi connectivity index (χ4v) is 3.37. The van der Waals surface area contributed by atoms with E-state index >= 15 is 0 Å². The van der Waals surface area contributed by atoms with E-state index in [0.717, 1.165) is 29.0 Å². The van der Waals surface area contributed by atoms with Crippen LogP contribution in [0, 0.1) is 0 Å². The minimum atomic E-state index is -0.0846. The summed E-state index contributed by atoms with van der Waals surface area (Å²) >= 11 is 0. The van der Waals surface area contributed by atoms with Crippen LogP contribution in [0.4, 0.5) is 0 Å². The molecular formula is C26H26N4O3. The number of benzene rings is 1. The first-order valence-corrected chi connectivity index (χ1v) is 10.7. The molecule has 4 rings (SSSR count). The lowest BCUT2D eigenvalue weighted by atomic mass is 10.0. The summed E-state index contributed by atoms with van der Waals surface area (Å²) in [7, 11) is 1.72. The largest absolute Gasteiger partial charge is 0.454 e.